The van der Waals surface area contributed by atoms with Gasteiger partial charge in [-0.2, -0.15) is 0 Å². The van der Waals surface area contributed by atoms with E-state index < -0.39 is 0 Å². The number of hydrogen-bond donors (Lipinski definition) is 1. The summed E-state index contributed by atoms with van der Waals surface area (Å²) in [5.74, 6) is 0. The highest BCUT2D eigenvalue weighted by atomic mass is 32.2. The molecule has 0 saturated heterocycles. The zero-order valence-electron chi connectivity index (χ0n) is 23.3. The van der Waals surface area contributed by atoms with Gasteiger partial charge in [0.1, 0.15) is 0 Å². The van der Waals surface area contributed by atoms with E-state index in [0.717, 1.165) is 6.42 Å². The molecule has 0 bridgehead atoms. The highest BCUT2D eigenvalue weighted by Gasteiger charge is 2.20. The van der Waals surface area contributed by atoms with Crippen LogP contribution in [0.5, 0.6) is 0 Å². The van der Waals surface area contributed by atoms with E-state index >= 15 is 0 Å². The molecule has 1 heterocycles. The maximum Gasteiger partial charge on any atom is 0.0562 e. The zero-order valence-corrected chi connectivity index (χ0v) is 24.1. The van der Waals surface area contributed by atoms with Crippen molar-refractivity contribution in [1.82, 2.24) is 0 Å². The molecule has 0 amide bonds. The fourth-order valence-electron chi connectivity index (χ4n) is 5.44. The summed E-state index contributed by atoms with van der Waals surface area (Å²) in [6.07, 6.45) is 19.6. The number of nitrogens with one attached hydrogen (secondary N) is 1. The van der Waals surface area contributed by atoms with Crippen LogP contribution in [0.1, 0.15) is 113 Å². The molecule has 0 aliphatic carbocycles. The number of hydrogen-bond acceptors (Lipinski definition) is 2. The Morgan fingerprint density at radius 1 is 0.568 bits per heavy atom. The minimum atomic E-state index is 0.979. The monoisotopic (exact) mass is 513 g/mol. The number of anilines is 2. The second kappa shape index (κ2) is 15.3. The number of rotatable bonds is 16. The summed E-state index contributed by atoms with van der Waals surface area (Å²) in [5.41, 5.74) is 8.38. The summed E-state index contributed by atoms with van der Waals surface area (Å²) in [4.78, 5) is 2.79. The van der Waals surface area contributed by atoms with Gasteiger partial charge < -0.3 is 5.32 Å². The van der Waals surface area contributed by atoms with E-state index in [4.69, 9.17) is 0 Å². The van der Waals surface area contributed by atoms with E-state index in [1.165, 1.54) is 133 Å². The SMILES string of the molecule is CCCCCCCCc1ccc2c(c1)Sc1cc(CCCCCCCC)cc(Cc3ccccc3)c1N2. The fourth-order valence-corrected chi connectivity index (χ4v) is 6.61. The van der Waals surface area contributed by atoms with Gasteiger partial charge in [0.2, 0.25) is 0 Å². The van der Waals surface area contributed by atoms with Crippen molar-refractivity contribution in [2.24, 2.45) is 0 Å². The van der Waals surface area contributed by atoms with Gasteiger partial charge in [0.05, 0.1) is 11.4 Å². The number of unbranched alkanes of at least 4 members (excludes halogenated alkanes) is 10. The van der Waals surface area contributed by atoms with Crippen LogP contribution in [0.3, 0.4) is 0 Å². The second-order valence-electron chi connectivity index (χ2n) is 10.9. The standard InChI is InChI=1S/C35H47NS/c1-3-5-7-9-11-14-20-29-22-23-32-33(26-29)37-34-27-30(21-15-12-10-8-6-4-2)25-31(35(34)36-32)24-28-18-16-13-17-19-28/h13,16-19,22-23,25-27,36H,3-12,14-15,20-21,24H2,1-2H3. The minimum absolute atomic E-state index is 0.979. The Morgan fingerprint density at radius 2 is 1.19 bits per heavy atom. The molecule has 1 N–H and O–H groups in total. The van der Waals surface area contributed by atoms with Crippen LogP contribution in [0, 0.1) is 0 Å². The molecule has 0 saturated carbocycles. The Labute approximate surface area is 230 Å². The third-order valence-corrected chi connectivity index (χ3v) is 8.74. The molecule has 1 nitrogen and oxygen atoms in total. The van der Waals surface area contributed by atoms with Crippen LogP contribution >= 0.6 is 11.8 Å². The molecule has 0 fully saturated rings. The van der Waals surface area contributed by atoms with Gasteiger partial charge in [-0.15, -0.1) is 0 Å². The van der Waals surface area contributed by atoms with Crippen LogP contribution in [-0.2, 0) is 19.3 Å². The lowest BCUT2D eigenvalue weighted by Crippen LogP contribution is -2.06. The third-order valence-electron chi connectivity index (χ3n) is 7.64. The first kappa shape index (κ1) is 27.8. The molecule has 4 rings (SSSR count). The van der Waals surface area contributed by atoms with E-state index in [-0.39, 0.29) is 0 Å². The molecule has 0 spiro atoms. The van der Waals surface area contributed by atoms with Crippen molar-refractivity contribution in [3.05, 3.63) is 82.9 Å². The van der Waals surface area contributed by atoms with Gasteiger partial charge >= 0.3 is 0 Å². The fraction of sp³-hybridized carbons (Fsp3) is 0.486. The zero-order chi connectivity index (χ0) is 25.7. The van der Waals surface area contributed by atoms with Gasteiger partial charge in [0, 0.05) is 9.79 Å². The van der Waals surface area contributed by atoms with Crippen molar-refractivity contribution in [3.8, 4) is 0 Å². The summed E-state index contributed by atoms with van der Waals surface area (Å²) in [7, 11) is 0. The van der Waals surface area contributed by atoms with Gasteiger partial charge in [-0.05, 0) is 72.6 Å². The first-order chi connectivity index (χ1) is 18.3. The first-order valence-electron chi connectivity index (χ1n) is 15.0. The molecule has 37 heavy (non-hydrogen) atoms. The average molecular weight is 514 g/mol. The summed E-state index contributed by atoms with van der Waals surface area (Å²) < 4.78 is 0. The summed E-state index contributed by atoms with van der Waals surface area (Å²) in [6.45, 7) is 4.59. The number of fused-ring (bicyclic) bond motifs is 2. The first-order valence-corrected chi connectivity index (χ1v) is 15.9. The highest BCUT2D eigenvalue weighted by Crippen LogP contribution is 2.47. The summed E-state index contributed by atoms with van der Waals surface area (Å²) in [6, 6.07) is 23.0. The lowest BCUT2D eigenvalue weighted by Gasteiger charge is -2.25. The Morgan fingerprint density at radius 3 is 1.89 bits per heavy atom. The van der Waals surface area contributed by atoms with Crippen LogP contribution in [0.15, 0.2) is 70.5 Å². The summed E-state index contributed by atoms with van der Waals surface area (Å²) >= 11 is 1.97. The molecule has 3 aromatic rings. The normalized spacial score (nSPS) is 12.2. The Bertz CT molecular complexity index is 1090. The van der Waals surface area contributed by atoms with Crippen LogP contribution in [0.4, 0.5) is 11.4 Å². The smallest absolute Gasteiger partial charge is 0.0562 e. The predicted molar refractivity (Wildman–Crippen MR) is 164 cm³/mol. The minimum Gasteiger partial charge on any atom is -0.353 e. The van der Waals surface area contributed by atoms with Crippen molar-refractivity contribution in [2.75, 3.05) is 5.32 Å². The van der Waals surface area contributed by atoms with Crippen molar-refractivity contribution in [2.45, 2.75) is 120 Å². The van der Waals surface area contributed by atoms with Gasteiger partial charge in [0.25, 0.3) is 0 Å². The number of aryl methyl sites for hydroxylation is 2. The van der Waals surface area contributed by atoms with E-state index in [1.807, 2.05) is 11.8 Å². The lowest BCUT2D eigenvalue weighted by molar-refractivity contribution is 0.607. The molecule has 198 valence electrons. The predicted octanol–water partition coefficient (Wildman–Crippen LogP) is 11.3. The average Bonchev–Trinajstić information content (AvgIpc) is 2.92. The topological polar surface area (TPSA) is 12.0 Å². The largest absolute Gasteiger partial charge is 0.353 e. The van der Waals surface area contributed by atoms with Crippen molar-refractivity contribution < 1.29 is 0 Å². The molecule has 3 aromatic carbocycles. The van der Waals surface area contributed by atoms with E-state index in [1.54, 1.807) is 0 Å². The number of benzene rings is 3. The molecule has 0 aromatic heterocycles. The molecular weight excluding hydrogens is 466 g/mol. The van der Waals surface area contributed by atoms with Gasteiger partial charge in [-0.1, -0.05) is 132 Å². The van der Waals surface area contributed by atoms with Gasteiger partial charge in [-0.3, -0.25) is 0 Å². The van der Waals surface area contributed by atoms with Gasteiger partial charge in [-0.25, -0.2) is 0 Å². The van der Waals surface area contributed by atoms with Crippen LogP contribution in [0.25, 0.3) is 0 Å². The van der Waals surface area contributed by atoms with Crippen molar-refractivity contribution in [1.29, 1.82) is 0 Å². The maximum absolute atomic E-state index is 3.84. The molecule has 1 aliphatic heterocycles. The Balaban J connectivity index is 1.46. The van der Waals surface area contributed by atoms with Crippen molar-refractivity contribution in [3.63, 3.8) is 0 Å². The Hall–Kier alpha value is -2.19. The quantitative estimate of drug-likeness (QED) is 0.149. The van der Waals surface area contributed by atoms with E-state index in [2.05, 4.69) is 79.8 Å². The third kappa shape index (κ3) is 8.67. The maximum atomic E-state index is 3.84. The summed E-state index contributed by atoms with van der Waals surface area (Å²) in [5, 5.41) is 3.84. The molecule has 2 heteroatoms. The van der Waals surface area contributed by atoms with Crippen LogP contribution in [-0.4, -0.2) is 0 Å². The lowest BCUT2D eigenvalue weighted by atomic mass is 9.97. The second-order valence-corrected chi connectivity index (χ2v) is 12.0. The van der Waals surface area contributed by atoms with E-state index in [0.29, 0.717) is 0 Å². The van der Waals surface area contributed by atoms with Crippen molar-refractivity contribution >= 4 is 23.1 Å². The van der Waals surface area contributed by atoms with Crippen LogP contribution in [0.2, 0.25) is 0 Å². The molecule has 0 unspecified atom stereocenters. The Kier molecular flexibility index (Phi) is 11.5. The van der Waals surface area contributed by atoms with Gasteiger partial charge in [0.15, 0.2) is 0 Å². The van der Waals surface area contributed by atoms with Crippen LogP contribution < -0.4 is 5.32 Å². The molecule has 1 aliphatic rings. The molecule has 0 atom stereocenters. The highest BCUT2D eigenvalue weighted by molar-refractivity contribution is 7.99. The molecule has 0 radical (unpaired) electrons. The molecular formula is C35H47NS. The van der Waals surface area contributed by atoms with E-state index in [9.17, 15) is 0 Å².